The van der Waals surface area contributed by atoms with Gasteiger partial charge in [-0.1, -0.05) is 36.4 Å². The van der Waals surface area contributed by atoms with Crippen molar-refractivity contribution in [2.75, 3.05) is 5.32 Å². The van der Waals surface area contributed by atoms with E-state index < -0.39 is 0 Å². The van der Waals surface area contributed by atoms with Crippen molar-refractivity contribution in [2.24, 2.45) is 0 Å². The summed E-state index contributed by atoms with van der Waals surface area (Å²) >= 11 is 1.79. The Kier molecular flexibility index (Phi) is 4.24. The van der Waals surface area contributed by atoms with Crippen molar-refractivity contribution >= 4 is 33.1 Å². The number of thiophene rings is 1. The number of aromatic nitrogens is 2. The molecule has 28 heavy (non-hydrogen) atoms. The third-order valence-electron chi connectivity index (χ3n) is 5.22. The summed E-state index contributed by atoms with van der Waals surface area (Å²) in [5.41, 5.74) is 4.34. The molecule has 2 N–H and O–H groups in total. The summed E-state index contributed by atoms with van der Waals surface area (Å²) in [5, 5.41) is 14.8. The van der Waals surface area contributed by atoms with Gasteiger partial charge in [0, 0.05) is 11.3 Å². The van der Waals surface area contributed by atoms with Gasteiger partial charge in [-0.05, 0) is 55.0 Å². The molecule has 5 rings (SSSR count). The molecule has 0 saturated carbocycles. The summed E-state index contributed by atoms with van der Waals surface area (Å²) in [6, 6.07) is 15.9. The summed E-state index contributed by atoms with van der Waals surface area (Å²) in [5.74, 6) is 1.83. The van der Waals surface area contributed by atoms with Crippen LogP contribution in [0.1, 0.15) is 33.8 Å². The Morgan fingerprint density at radius 2 is 1.93 bits per heavy atom. The van der Waals surface area contributed by atoms with Crippen LogP contribution in [0.2, 0.25) is 0 Å². The lowest BCUT2D eigenvalue weighted by atomic mass is 10.1. The van der Waals surface area contributed by atoms with Gasteiger partial charge < -0.3 is 10.4 Å². The van der Waals surface area contributed by atoms with Crippen molar-refractivity contribution in [3.63, 3.8) is 0 Å². The number of phenolic OH excluding ortho intramolecular Hbond substituents is 1. The zero-order valence-corrected chi connectivity index (χ0v) is 16.5. The monoisotopic (exact) mass is 387 g/mol. The van der Waals surface area contributed by atoms with Gasteiger partial charge in [-0.15, -0.1) is 11.3 Å². The van der Waals surface area contributed by atoms with Crippen molar-refractivity contribution in [3.8, 4) is 5.75 Å². The van der Waals surface area contributed by atoms with Gasteiger partial charge in [-0.2, -0.15) is 0 Å². The highest BCUT2D eigenvalue weighted by Crippen LogP contribution is 2.41. The normalized spacial score (nSPS) is 13.0. The quantitative estimate of drug-likeness (QED) is 0.452. The Hall–Kier alpha value is -2.92. The summed E-state index contributed by atoms with van der Waals surface area (Å²) in [4.78, 5) is 12.2. The Morgan fingerprint density at radius 1 is 1.07 bits per heavy atom. The average Bonchev–Trinajstić information content (AvgIpc) is 3.26. The molecule has 0 fully saturated rings. The minimum atomic E-state index is 0.230. The standard InChI is InChI=1S/C23H21N3OS/c1-14-10-11-18(27)17(12-14)24-22-21-16-8-5-9-19(16)28-23(21)26-20(25-22)13-15-6-3-2-4-7-15/h2-4,6-7,10-12,27H,5,8-9,13H2,1H3,(H,24,25,26). The molecule has 2 aromatic heterocycles. The van der Waals surface area contributed by atoms with Crippen LogP contribution in [0.5, 0.6) is 5.75 Å². The lowest BCUT2D eigenvalue weighted by Gasteiger charge is -2.12. The fraction of sp³-hybridized carbons (Fsp3) is 0.217. The number of fused-ring (bicyclic) bond motifs is 3. The first-order chi connectivity index (χ1) is 13.7. The van der Waals surface area contributed by atoms with Gasteiger partial charge in [0.05, 0.1) is 11.1 Å². The van der Waals surface area contributed by atoms with E-state index in [2.05, 4.69) is 17.4 Å². The number of aromatic hydroxyl groups is 1. The number of aryl methyl sites for hydroxylation is 3. The molecule has 2 aromatic carbocycles. The van der Waals surface area contributed by atoms with Gasteiger partial charge in [0.25, 0.3) is 0 Å². The summed E-state index contributed by atoms with van der Waals surface area (Å²) in [7, 11) is 0. The first kappa shape index (κ1) is 17.2. The number of hydrogen-bond donors (Lipinski definition) is 2. The Balaban J connectivity index is 1.63. The highest BCUT2D eigenvalue weighted by atomic mass is 32.1. The zero-order valence-electron chi connectivity index (χ0n) is 15.7. The van der Waals surface area contributed by atoms with Gasteiger partial charge in [0.15, 0.2) is 0 Å². The van der Waals surface area contributed by atoms with Crippen molar-refractivity contribution in [3.05, 3.63) is 75.9 Å². The summed E-state index contributed by atoms with van der Waals surface area (Å²) in [6.07, 6.45) is 4.08. The van der Waals surface area contributed by atoms with E-state index in [4.69, 9.17) is 9.97 Å². The van der Waals surface area contributed by atoms with E-state index in [-0.39, 0.29) is 5.75 Å². The third kappa shape index (κ3) is 3.12. The minimum Gasteiger partial charge on any atom is -0.506 e. The van der Waals surface area contributed by atoms with Crippen LogP contribution in [-0.4, -0.2) is 15.1 Å². The molecule has 1 aliphatic rings. The molecule has 0 spiro atoms. The van der Waals surface area contributed by atoms with Crippen molar-refractivity contribution in [1.82, 2.24) is 9.97 Å². The molecular weight excluding hydrogens is 366 g/mol. The number of phenols is 1. The molecule has 0 bridgehead atoms. The van der Waals surface area contributed by atoms with E-state index in [1.165, 1.54) is 22.4 Å². The minimum absolute atomic E-state index is 0.230. The van der Waals surface area contributed by atoms with Crippen LogP contribution in [-0.2, 0) is 19.3 Å². The summed E-state index contributed by atoms with van der Waals surface area (Å²) < 4.78 is 0. The first-order valence-corrected chi connectivity index (χ1v) is 10.4. The lowest BCUT2D eigenvalue weighted by molar-refractivity contribution is 0.477. The second kappa shape index (κ2) is 6.91. The molecule has 0 radical (unpaired) electrons. The predicted octanol–water partition coefficient (Wildman–Crippen LogP) is 5.53. The largest absolute Gasteiger partial charge is 0.506 e. The van der Waals surface area contributed by atoms with E-state index in [0.717, 1.165) is 40.3 Å². The third-order valence-corrected chi connectivity index (χ3v) is 6.41. The van der Waals surface area contributed by atoms with Crippen molar-refractivity contribution in [1.29, 1.82) is 0 Å². The van der Waals surface area contributed by atoms with Crippen LogP contribution >= 0.6 is 11.3 Å². The zero-order chi connectivity index (χ0) is 19.1. The second-order valence-corrected chi connectivity index (χ2v) is 8.42. The first-order valence-electron chi connectivity index (χ1n) is 9.59. The van der Waals surface area contributed by atoms with Gasteiger partial charge >= 0.3 is 0 Å². The second-order valence-electron chi connectivity index (χ2n) is 7.33. The van der Waals surface area contributed by atoms with E-state index in [1.807, 2.05) is 37.3 Å². The maximum absolute atomic E-state index is 10.3. The fourth-order valence-electron chi connectivity index (χ4n) is 3.87. The molecule has 0 amide bonds. The fourth-order valence-corrected chi connectivity index (χ4v) is 5.15. The van der Waals surface area contributed by atoms with Gasteiger partial charge in [0.2, 0.25) is 0 Å². The van der Waals surface area contributed by atoms with Gasteiger partial charge in [-0.25, -0.2) is 9.97 Å². The summed E-state index contributed by atoms with van der Waals surface area (Å²) in [6.45, 7) is 2.02. The van der Waals surface area contributed by atoms with E-state index in [1.54, 1.807) is 17.4 Å². The molecule has 0 unspecified atom stereocenters. The van der Waals surface area contributed by atoms with Crippen molar-refractivity contribution < 1.29 is 5.11 Å². The number of nitrogens with zero attached hydrogens (tertiary/aromatic N) is 2. The molecular formula is C23H21N3OS. The Labute approximate surface area is 167 Å². The van der Waals surface area contributed by atoms with Gasteiger partial charge in [0.1, 0.15) is 22.2 Å². The van der Waals surface area contributed by atoms with Gasteiger partial charge in [-0.3, -0.25) is 0 Å². The smallest absolute Gasteiger partial charge is 0.143 e. The highest BCUT2D eigenvalue weighted by molar-refractivity contribution is 7.19. The van der Waals surface area contributed by atoms with E-state index in [9.17, 15) is 5.11 Å². The maximum atomic E-state index is 10.3. The Morgan fingerprint density at radius 3 is 2.79 bits per heavy atom. The number of rotatable bonds is 4. The average molecular weight is 388 g/mol. The molecule has 5 heteroatoms. The Bertz CT molecular complexity index is 1170. The molecule has 4 nitrogen and oxygen atoms in total. The van der Waals surface area contributed by atoms with Crippen molar-refractivity contribution in [2.45, 2.75) is 32.6 Å². The van der Waals surface area contributed by atoms with Crippen LogP contribution in [0, 0.1) is 6.92 Å². The number of benzene rings is 2. The van der Waals surface area contributed by atoms with Crippen LogP contribution in [0.25, 0.3) is 10.2 Å². The highest BCUT2D eigenvalue weighted by Gasteiger charge is 2.23. The number of nitrogens with one attached hydrogen (secondary N) is 1. The molecule has 2 heterocycles. The molecule has 0 aliphatic heterocycles. The van der Waals surface area contributed by atoms with Crippen LogP contribution in [0.3, 0.4) is 0 Å². The SMILES string of the molecule is Cc1ccc(O)c(Nc2nc(Cc3ccccc3)nc3sc4c(c23)CCC4)c1. The van der Waals surface area contributed by atoms with Crippen LogP contribution in [0.15, 0.2) is 48.5 Å². The number of hydrogen-bond acceptors (Lipinski definition) is 5. The molecule has 0 atom stereocenters. The number of anilines is 2. The van der Waals surface area contributed by atoms with Crippen LogP contribution < -0.4 is 5.32 Å². The van der Waals surface area contributed by atoms with Crippen LogP contribution in [0.4, 0.5) is 11.5 Å². The lowest BCUT2D eigenvalue weighted by Crippen LogP contribution is -2.03. The maximum Gasteiger partial charge on any atom is 0.143 e. The molecule has 1 aliphatic carbocycles. The molecule has 140 valence electrons. The predicted molar refractivity (Wildman–Crippen MR) is 115 cm³/mol. The van der Waals surface area contributed by atoms with E-state index >= 15 is 0 Å². The topological polar surface area (TPSA) is 58.0 Å². The molecule has 4 aromatic rings. The van der Waals surface area contributed by atoms with E-state index in [0.29, 0.717) is 12.1 Å². The molecule has 0 saturated heterocycles.